The zero-order valence-electron chi connectivity index (χ0n) is 10.7. The highest BCUT2D eigenvalue weighted by molar-refractivity contribution is 7.91. The van der Waals surface area contributed by atoms with E-state index in [9.17, 15) is 17.6 Å². The molecule has 0 aliphatic carbocycles. The summed E-state index contributed by atoms with van der Waals surface area (Å²) in [6.07, 6.45) is 1.39. The molecule has 106 valence electrons. The predicted molar refractivity (Wildman–Crippen MR) is 74.3 cm³/mol. The Labute approximate surface area is 115 Å². The smallest absolute Gasteiger partial charge is 0.250 e. The van der Waals surface area contributed by atoms with Gasteiger partial charge in [-0.15, -0.1) is 0 Å². The van der Waals surface area contributed by atoms with Gasteiger partial charge in [0.15, 0.2) is 0 Å². The number of aryl methyl sites for hydroxylation is 1. The third-order valence-electron chi connectivity index (χ3n) is 2.63. The predicted octanol–water partition coefficient (Wildman–Crippen LogP) is 1.47. The van der Waals surface area contributed by atoms with Gasteiger partial charge in [-0.3, -0.25) is 9.52 Å². The van der Waals surface area contributed by atoms with Crippen LogP contribution < -0.4 is 10.3 Å². The summed E-state index contributed by atoms with van der Waals surface area (Å²) in [5.74, 6) is -0.687. The molecule has 0 aliphatic heterocycles. The quantitative estimate of drug-likeness (QED) is 0.929. The first-order valence-corrected chi connectivity index (χ1v) is 7.42. The number of aromatic nitrogens is 1. The van der Waals surface area contributed by atoms with Crippen molar-refractivity contribution in [2.45, 2.75) is 5.75 Å². The summed E-state index contributed by atoms with van der Waals surface area (Å²) in [5, 5.41) is 0. The van der Waals surface area contributed by atoms with Gasteiger partial charge < -0.3 is 4.57 Å². The van der Waals surface area contributed by atoms with Gasteiger partial charge in [-0.2, -0.15) is 0 Å². The van der Waals surface area contributed by atoms with Crippen LogP contribution in [0.15, 0.2) is 47.4 Å². The monoisotopic (exact) mass is 296 g/mol. The van der Waals surface area contributed by atoms with Crippen LogP contribution in [0.4, 0.5) is 10.1 Å². The Morgan fingerprint density at radius 3 is 2.40 bits per heavy atom. The van der Waals surface area contributed by atoms with Gasteiger partial charge in [-0.05, 0) is 23.8 Å². The maximum Gasteiger partial charge on any atom is 0.250 e. The molecule has 0 fully saturated rings. The van der Waals surface area contributed by atoms with Crippen LogP contribution >= 0.6 is 0 Å². The van der Waals surface area contributed by atoms with Crippen LogP contribution in [0.25, 0.3) is 0 Å². The van der Waals surface area contributed by atoms with Crippen LogP contribution in [0.5, 0.6) is 0 Å². The van der Waals surface area contributed by atoms with E-state index in [2.05, 4.69) is 4.72 Å². The second-order valence-electron chi connectivity index (χ2n) is 4.35. The molecule has 0 amide bonds. The number of nitrogens with one attached hydrogen (secondary N) is 1. The Morgan fingerprint density at radius 2 is 1.80 bits per heavy atom. The van der Waals surface area contributed by atoms with Crippen molar-refractivity contribution in [1.29, 1.82) is 0 Å². The van der Waals surface area contributed by atoms with Crippen LogP contribution in [-0.2, 0) is 22.8 Å². The van der Waals surface area contributed by atoms with E-state index in [0.29, 0.717) is 11.3 Å². The summed E-state index contributed by atoms with van der Waals surface area (Å²) >= 11 is 0. The van der Waals surface area contributed by atoms with E-state index in [0.717, 1.165) is 0 Å². The molecule has 7 heteroatoms. The number of anilines is 1. The summed E-state index contributed by atoms with van der Waals surface area (Å²) in [5.41, 5.74) is 0.546. The molecule has 1 N–H and O–H groups in total. The van der Waals surface area contributed by atoms with Gasteiger partial charge in [-0.25, -0.2) is 12.8 Å². The molecule has 1 aromatic heterocycles. The van der Waals surface area contributed by atoms with Gasteiger partial charge in [0.1, 0.15) is 5.82 Å². The lowest BCUT2D eigenvalue weighted by molar-refractivity contribution is 0.599. The lowest BCUT2D eigenvalue weighted by Gasteiger charge is -2.09. The Morgan fingerprint density at radius 1 is 1.15 bits per heavy atom. The van der Waals surface area contributed by atoms with Crippen molar-refractivity contribution >= 4 is 15.7 Å². The van der Waals surface area contributed by atoms with E-state index in [4.69, 9.17) is 0 Å². The molecular formula is C13H13FN2O3S. The standard InChI is InChI=1S/C13H13FN2O3S/c1-16-8-12(6-7-13(16)17)15-20(18,19)9-10-2-4-11(14)5-3-10/h2-8,15H,9H2,1H3. The van der Waals surface area contributed by atoms with Crippen LogP contribution in [0.3, 0.4) is 0 Å². The van der Waals surface area contributed by atoms with E-state index < -0.39 is 15.8 Å². The van der Waals surface area contributed by atoms with Crippen LogP contribution in [0, 0.1) is 5.82 Å². The topological polar surface area (TPSA) is 68.2 Å². The Hall–Kier alpha value is -2.15. The molecule has 1 heterocycles. The Bertz CT molecular complexity index is 767. The first-order valence-electron chi connectivity index (χ1n) is 5.77. The molecule has 2 aromatic rings. The maximum absolute atomic E-state index is 12.8. The molecule has 0 spiro atoms. The van der Waals surface area contributed by atoms with Gasteiger partial charge in [0, 0.05) is 19.3 Å². The normalized spacial score (nSPS) is 11.3. The number of rotatable bonds is 4. The fourth-order valence-corrected chi connectivity index (χ4v) is 2.85. The number of pyridine rings is 1. The lowest BCUT2D eigenvalue weighted by atomic mass is 10.2. The summed E-state index contributed by atoms with van der Waals surface area (Å²) in [6, 6.07) is 7.90. The first-order chi connectivity index (χ1) is 9.35. The van der Waals surface area contributed by atoms with Crippen LogP contribution in [-0.4, -0.2) is 13.0 Å². The Balaban J connectivity index is 2.16. The number of sulfonamides is 1. The summed E-state index contributed by atoms with van der Waals surface area (Å²) in [6.45, 7) is 0. The third kappa shape index (κ3) is 3.67. The molecule has 0 saturated carbocycles. The molecule has 5 nitrogen and oxygen atoms in total. The molecule has 0 unspecified atom stereocenters. The number of nitrogens with zero attached hydrogens (tertiary/aromatic N) is 1. The fourth-order valence-electron chi connectivity index (χ4n) is 1.67. The highest BCUT2D eigenvalue weighted by Crippen LogP contribution is 2.11. The largest absolute Gasteiger partial charge is 0.316 e. The second-order valence-corrected chi connectivity index (χ2v) is 6.08. The number of benzene rings is 1. The van der Waals surface area contributed by atoms with Crippen molar-refractivity contribution in [3.05, 3.63) is 64.3 Å². The van der Waals surface area contributed by atoms with Crippen molar-refractivity contribution in [3.8, 4) is 0 Å². The van der Waals surface area contributed by atoms with E-state index in [1.54, 1.807) is 0 Å². The van der Waals surface area contributed by atoms with Gasteiger partial charge in [0.25, 0.3) is 0 Å². The van der Waals surface area contributed by atoms with Crippen molar-refractivity contribution in [2.24, 2.45) is 7.05 Å². The summed E-state index contributed by atoms with van der Waals surface area (Å²) in [4.78, 5) is 11.2. The van der Waals surface area contributed by atoms with E-state index in [1.165, 1.54) is 54.2 Å². The van der Waals surface area contributed by atoms with Crippen molar-refractivity contribution in [3.63, 3.8) is 0 Å². The number of hydrogen-bond acceptors (Lipinski definition) is 3. The third-order valence-corrected chi connectivity index (χ3v) is 3.89. The minimum absolute atomic E-state index is 0.230. The molecule has 0 bridgehead atoms. The second kappa shape index (κ2) is 5.46. The van der Waals surface area contributed by atoms with Crippen LogP contribution in [0.1, 0.15) is 5.56 Å². The van der Waals surface area contributed by atoms with E-state index in [1.807, 2.05) is 0 Å². The van der Waals surface area contributed by atoms with E-state index in [-0.39, 0.29) is 11.3 Å². The van der Waals surface area contributed by atoms with Gasteiger partial charge in [0.05, 0.1) is 11.4 Å². The summed E-state index contributed by atoms with van der Waals surface area (Å²) < 4.78 is 40.3. The zero-order chi connectivity index (χ0) is 14.8. The molecule has 0 atom stereocenters. The average Bonchev–Trinajstić information content (AvgIpc) is 2.36. The highest BCUT2D eigenvalue weighted by atomic mass is 32.2. The van der Waals surface area contributed by atoms with Crippen molar-refractivity contribution < 1.29 is 12.8 Å². The molecule has 0 radical (unpaired) electrons. The van der Waals surface area contributed by atoms with Gasteiger partial charge in [0.2, 0.25) is 15.6 Å². The van der Waals surface area contributed by atoms with Crippen molar-refractivity contribution in [1.82, 2.24) is 4.57 Å². The van der Waals surface area contributed by atoms with Gasteiger partial charge in [-0.1, -0.05) is 12.1 Å². The highest BCUT2D eigenvalue weighted by Gasteiger charge is 2.12. The molecule has 1 aromatic carbocycles. The average molecular weight is 296 g/mol. The molecule has 0 aliphatic rings. The first kappa shape index (κ1) is 14.3. The molecule has 0 saturated heterocycles. The SMILES string of the molecule is Cn1cc(NS(=O)(=O)Cc2ccc(F)cc2)ccc1=O. The molecular weight excluding hydrogens is 283 g/mol. The summed E-state index contributed by atoms with van der Waals surface area (Å²) in [7, 11) is -2.09. The van der Waals surface area contributed by atoms with Gasteiger partial charge >= 0.3 is 0 Å². The van der Waals surface area contributed by atoms with Crippen molar-refractivity contribution in [2.75, 3.05) is 4.72 Å². The lowest BCUT2D eigenvalue weighted by Crippen LogP contribution is -2.19. The number of hydrogen-bond donors (Lipinski definition) is 1. The minimum atomic E-state index is -3.62. The molecule has 2 rings (SSSR count). The molecule has 20 heavy (non-hydrogen) atoms. The number of halogens is 1. The minimum Gasteiger partial charge on any atom is -0.316 e. The van der Waals surface area contributed by atoms with Crippen LogP contribution in [0.2, 0.25) is 0 Å². The maximum atomic E-state index is 12.8. The Kier molecular flexibility index (Phi) is 3.89. The zero-order valence-corrected chi connectivity index (χ0v) is 11.5. The van der Waals surface area contributed by atoms with E-state index >= 15 is 0 Å². The fraction of sp³-hybridized carbons (Fsp3) is 0.154.